The molecule has 1 aliphatic rings. The van der Waals surface area contributed by atoms with Crippen molar-refractivity contribution in [2.75, 3.05) is 32.8 Å². The lowest BCUT2D eigenvalue weighted by molar-refractivity contribution is -0.133. The fourth-order valence-corrected chi connectivity index (χ4v) is 3.39. The largest absolute Gasteiger partial charge is 0.483 e. The highest BCUT2D eigenvalue weighted by Gasteiger charge is 2.23. The molecule has 2 heterocycles. The lowest BCUT2D eigenvalue weighted by Gasteiger charge is -2.22. The molecule has 1 saturated heterocycles. The van der Waals surface area contributed by atoms with Crippen molar-refractivity contribution in [2.45, 2.75) is 27.2 Å². The number of aryl methyl sites for hydroxylation is 2. The van der Waals surface area contributed by atoms with Gasteiger partial charge in [0.25, 0.3) is 11.8 Å². The van der Waals surface area contributed by atoms with Crippen molar-refractivity contribution in [1.29, 1.82) is 0 Å². The van der Waals surface area contributed by atoms with Crippen LogP contribution >= 0.6 is 0 Å². The maximum Gasteiger partial charge on any atom is 0.272 e. The Hall–Kier alpha value is -2.89. The van der Waals surface area contributed by atoms with Crippen LogP contribution in [0.2, 0.25) is 0 Å². The summed E-state index contributed by atoms with van der Waals surface area (Å²) in [6, 6.07) is 9.38. The zero-order valence-corrected chi connectivity index (χ0v) is 16.8. The van der Waals surface area contributed by atoms with Gasteiger partial charge in [-0.3, -0.25) is 14.6 Å². The third kappa shape index (κ3) is 4.50. The number of pyridine rings is 1. The van der Waals surface area contributed by atoms with Gasteiger partial charge in [0.15, 0.2) is 6.61 Å². The molecule has 1 fully saturated rings. The smallest absolute Gasteiger partial charge is 0.272 e. The second-order valence-corrected chi connectivity index (χ2v) is 7.18. The second kappa shape index (κ2) is 8.87. The van der Waals surface area contributed by atoms with Gasteiger partial charge in [0.05, 0.1) is 0 Å². The van der Waals surface area contributed by atoms with Crippen molar-refractivity contribution in [3.8, 4) is 5.75 Å². The SMILES string of the molecule is Cc1ccc(C)c(OCC(=O)N2CCCN(C(=O)c3ccccn3)CC2)c1C. The summed E-state index contributed by atoms with van der Waals surface area (Å²) < 4.78 is 5.87. The monoisotopic (exact) mass is 381 g/mol. The number of aromatic nitrogens is 1. The molecule has 0 atom stereocenters. The van der Waals surface area contributed by atoms with Crippen molar-refractivity contribution in [3.05, 3.63) is 58.9 Å². The minimum absolute atomic E-state index is 0.0132. The summed E-state index contributed by atoms with van der Waals surface area (Å²) in [5.41, 5.74) is 3.68. The van der Waals surface area contributed by atoms with E-state index in [1.54, 1.807) is 34.2 Å². The number of hydrogen-bond acceptors (Lipinski definition) is 4. The van der Waals surface area contributed by atoms with Gasteiger partial charge in [-0.2, -0.15) is 0 Å². The molecule has 0 spiro atoms. The van der Waals surface area contributed by atoms with Gasteiger partial charge in [-0.25, -0.2) is 0 Å². The molecule has 0 unspecified atom stereocenters. The van der Waals surface area contributed by atoms with Crippen LogP contribution in [0.3, 0.4) is 0 Å². The van der Waals surface area contributed by atoms with Gasteiger partial charge in [-0.1, -0.05) is 18.2 Å². The highest BCUT2D eigenvalue weighted by Crippen LogP contribution is 2.25. The number of hydrogen-bond donors (Lipinski definition) is 0. The van der Waals surface area contributed by atoms with E-state index in [0.717, 1.165) is 28.9 Å². The van der Waals surface area contributed by atoms with Crippen molar-refractivity contribution < 1.29 is 14.3 Å². The summed E-state index contributed by atoms with van der Waals surface area (Å²) >= 11 is 0. The normalized spacial score (nSPS) is 14.5. The Morgan fingerprint density at radius 1 is 0.964 bits per heavy atom. The highest BCUT2D eigenvalue weighted by atomic mass is 16.5. The average molecular weight is 381 g/mol. The first-order valence-corrected chi connectivity index (χ1v) is 9.65. The molecule has 3 rings (SSSR count). The molecule has 148 valence electrons. The lowest BCUT2D eigenvalue weighted by Crippen LogP contribution is -2.39. The topological polar surface area (TPSA) is 62.7 Å². The molecule has 6 heteroatoms. The zero-order valence-electron chi connectivity index (χ0n) is 16.8. The molecular formula is C22H27N3O3. The fraction of sp³-hybridized carbons (Fsp3) is 0.409. The molecule has 0 bridgehead atoms. The second-order valence-electron chi connectivity index (χ2n) is 7.18. The maximum absolute atomic E-state index is 12.7. The van der Waals surface area contributed by atoms with E-state index >= 15 is 0 Å². The predicted octanol–water partition coefficient (Wildman–Crippen LogP) is 2.76. The van der Waals surface area contributed by atoms with Crippen molar-refractivity contribution >= 4 is 11.8 Å². The minimum Gasteiger partial charge on any atom is -0.483 e. The van der Waals surface area contributed by atoms with E-state index in [-0.39, 0.29) is 18.4 Å². The number of rotatable bonds is 4. The van der Waals surface area contributed by atoms with E-state index in [0.29, 0.717) is 31.9 Å². The Morgan fingerprint density at radius 2 is 1.68 bits per heavy atom. The quantitative estimate of drug-likeness (QED) is 0.817. The summed E-state index contributed by atoms with van der Waals surface area (Å²) in [6.45, 7) is 8.30. The third-order valence-corrected chi connectivity index (χ3v) is 5.23. The number of carbonyl (C=O) groups is 2. The van der Waals surface area contributed by atoms with Gasteiger partial charge in [0.2, 0.25) is 0 Å². The Labute approximate surface area is 166 Å². The average Bonchev–Trinajstić information content (AvgIpc) is 2.97. The van der Waals surface area contributed by atoms with Crippen molar-refractivity contribution in [3.63, 3.8) is 0 Å². The maximum atomic E-state index is 12.7. The number of ether oxygens (including phenoxy) is 1. The summed E-state index contributed by atoms with van der Waals surface area (Å²) in [5, 5.41) is 0. The zero-order chi connectivity index (χ0) is 20.1. The van der Waals surface area contributed by atoms with Crippen LogP contribution in [0.15, 0.2) is 36.5 Å². The number of benzene rings is 1. The van der Waals surface area contributed by atoms with E-state index in [4.69, 9.17) is 4.74 Å². The number of amides is 2. The molecule has 0 radical (unpaired) electrons. The van der Waals surface area contributed by atoms with Gasteiger partial charge >= 0.3 is 0 Å². The molecule has 0 N–H and O–H groups in total. The van der Waals surface area contributed by atoms with E-state index in [1.807, 2.05) is 26.8 Å². The van der Waals surface area contributed by atoms with Crippen molar-refractivity contribution in [1.82, 2.24) is 14.8 Å². The van der Waals surface area contributed by atoms with Crippen LogP contribution in [-0.4, -0.2) is 59.4 Å². The van der Waals surface area contributed by atoms with Gasteiger partial charge in [0.1, 0.15) is 11.4 Å². The molecule has 1 aliphatic heterocycles. The van der Waals surface area contributed by atoms with E-state index < -0.39 is 0 Å². The number of carbonyl (C=O) groups excluding carboxylic acids is 2. The van der Waals surface area contributed by atoms with Crippen LogP contribution < -0.4 is 4.74 Å². The summed E-state index contributed by atoms with van der Waals surface area (Å²) in [5.74, 6) is 0.653. The van der Waals surface area contributed by atoms with Crippen molar-refractivity contribution in [2.24, 2.45) is 0 Å². The van der Waals surface area contributed by atoms with Crippen LogP contribution in [0.5, 0.6) is 5.75 Å². The van der Waals surface area contributed by atoms with E-state index in [2.05, 4.69) is 11.1 Å². The standard InChI is InChI=1S/C22H27N3O3/c1-16-8-9-17(2)21(18(16)3)28-15-20(26)24-11-6-12-25(14-13-24)22(27)19-7-4-5-10-23-19/h4-5,7-10H,6,11-15H2,1-3H3. The Kier molecular flexibility index (Phi) is 6.29. The van der Waals surface area contributed by atoms with Crippen LogP contribution in [0.25, 0.3) is 0 Å². The number of nitrogens with zero attached hydrogens (tertiary/aromatic N) is 3. The van der Waals surface area contributed by atoms with E-state index in [1.165, 1.54) is 0 Å². The molecule has 28 heavy (non-hydrogen) atoms. The summed E-state index contributed by atoms with van der Waals surface area (Å²) in [7, 11) is 0. The minimum atomic E-state index is -0.0860. The van der Waals surface area contributed by atoms with Crippen LogP contribution in [0.4, 0.5) is 0 Å². The van der Waals surface area contributed by atoms with Crippen LogP contribution in [-0.2, 0) is 4.79 Å². The first-order chi connectivity index (χ1) is 13.5. The molecule has 2 aromatic rings. The molecule has 6 nitrogen and oxygen atoms in total. The lowest BCUT2D eigenvalue weighted by atomic mass is 10.1. The first kappa shape index (κ1) is 19.9. The molecule has 1 aromatic carbocycles. The fourth-order valence-electron chi connectivity index (χ4n) is 3.39. The molecular weight excluding hydrogens is 354 g/mol. The van der Waals surface area contributed by atoms with Gasteiger partial charge < -0.3 is 14.5 Å². The Balaban J connectivity index is 1.58. The Bertz CT molecular complexity index is 852. The van der Waals surface area contributed by atoms with Crippen LogP contribution in [0.1, 0.15) is 33.6 Å². The van der Waals surface area contributed by atoms with Gasteiger partial charge in [-0.05, 0) is 56.0 Å². The van der Waals surface area contributed by atoms with Gasteiger partial charge in [0, 0.05) is 32.4 Å². The highest BCUT2D eigenvalue weighted by molar-refractivity contribution is 5.92. The third-order valence-electron chi connectivity index (χ3n) is 5.23. The van der Waals surface area contributed by atoms with Gasteiger partial charge in [-0.15, -0.1) is 0 Å². The summed E-state index contributed by atoms with van der Waals surface area (Å²) in [4.78, 5) is 32.9. The van der Waals surface area contributed by atoms with Crippen LogP contribution in [0, 0.1) is 20.8 Å². The first-order valence-electron chi connectivity index (χ1n) is 9.65. The molecule has 0 saturated carbocycles. The molecule has 0 aliphatic carbocycles. The predicted molar refractivity (Wildman–Crippen MR) is 107 cm³/mol. The summed E-state index contributed by atoms with van der Waals surface area (Å²) in [6.07, 6.45) is 2.36. The molecule has 1 aromatic heterocycles. The van der Waals surface area contributed by atoms with E-state index in [9.17, 15) is 9.59 Å². The Morgan fingerprint density at radius 3 is 2.43 bits per heavy atom. The molecule has 2 amide bonds.